The number of anilines is 2. The van der Waals surface area contributed by atoms with Crippen molar-refractivity contribution in [2.45, 2.75) is 13.3 Å². The van der Waals surface area contributed by atoms with Gasteiger partial charge in [-0.25, -0.2) is 0 Å². The van der Waals surface area contributed by atoms with Gasteiger partial charge in [-0.05, 0) is 31.2 Å². The zero-order valence-corrected chi connectivity index (χ0v) is 12.8. The molecular formula is C18H18N2O3. The fourth-order valence-electron chi connectivity index (χ4n) is 2.44. The molecule has 1 unspecified atom stereocenters. The van der Waals surface area contributed by atoms with Gasteiger partial charge in [-0.15, -0.1) is 0 Å². The molecule has 0 bridgehead atoms. The number of ether oxygens (including phenoxy) is 1. The fourth-order valence-corrected chi connectivity index (χ4v) is 2.44. The molecule has 0 saturated heterocycles. The molecular weight excluding hydrogens is 292 g/mol. The highest BCUT2D eigenvalue weighted by molar-refractivity contribution is 5.94. The van der Waals surface area contributed by atoms with Gasteiger partial charge in [-0.3, -0.25) is 9.59 Å². The summed E-state index contributed by atoms with van der Waals surface area (Å²) in [6, 6.07) is 14.8. The molecule has 5 nitrogen and oxygen atoms in total. The van der Waals surface area contributed by atoms with Crippen LogP contribution in [0.1, 0.15) is 12.0 Å². The third-order valence-electron chi connectivity index (χ3n) is 3.74. The summed E-state index contributed by atoms with van der Waals surface area (Å²) < 4.78 is 5.35. The van der Waals surface area contributed by atoms with Crippen LogP contribution >= 0.6 is 0 Å². The smallest absolute Gasteiger partial charge is 0.316 e. The largest absolute Gasteiger partial charge is 0.424 e. The molecule has 1 amide bonds. The predicted molar refractivity (Wildman–Crippen MR) is 88.5 cm³/mol. The van der Waals surface area contributed by atoms with Gasteiger partial charge >= 0.3 is 5.97 Å². The van der Waals surface area contributed by atoms with Crippen molar-refractivity contribution in [2.24, 2.45) is 5.92 Å². The minimum atomic E-state index is -0.521. The maximum absolute atomic E-state index is 12.2. The van der Waals surface area contributed by atoms with E-state index in [4.69, 9.17) is 4.74 Å². The van der Waals surface area contributed by atoms with Crippen LogP contribution in [-0.4, -0.2) is 18.4 Å². The van der Waals surface area contributed by atoms with Gasteiger partial charge < -0.3 is 15.4 Å². The first-order valence-corrected chi connectivity index (χ1v) is 7.53. The summed E-state index contributed by atoms with van der Waals surface area (Å²) in [6.07, 6.45) is 0.0771. The Kier molecular flexibility index (Phi) is 4.28. The average molecular weight is 310 g/mol. The molecule has 0 aliphatic carbocycles. The number of amides is 1. The second kappa shape index (κ2) is 6.52. The quantitative estimate of drug-likeness (QED) is 0.675. The number of hydrogen-bond acceptors (Lipinski definition) is 4. The SMILES string of the molecule is Cc1ccc(NC(=O)CC2CNc3ccccc3OC2=O)cc1. The lowest BCUT2D eigenvalue weighted by Crippen LogP contribution is -2.29. The van der Waals surface area contributed by atoms with Crippen molar-refractivity contribution in [3.63, 3.8) is 0 Å². The van der Waals surface area contributed by atoms with Crippen LogP contribution in [0.4, 0.5) is 11.4 Å². The van der Waals surface area contributed by atoms with Crippen LogP contribution in [0.5, 0.6) is 5.75 Å². The van der Waals surface area contributed by atoms with Crippen molar-refractivity contribution in [3.05, 3.63) is 54.1 Å². The lowest BCUT2D eigenvalue weighted by Gasteiger charge is -2.12. The number of benzene rings is 2. The molecule has 0 fully saturated rings. The Bertz CT molecular complexity index is 725. The van der Waals surface area contributed by atoms with E-state index < -0.39 is 5.92 Å². The lowest BCUT2D eigenvalue weighted by atomic mass is 10.1. The summed E-state index contributed by atoms with van der Waals surface area (Å²) in [5, 5.41) is 5.96. The molecule has 23 heavy (non-hydrogen) atoms. The van der Waals surface area contributed by atoms with Gasteiger partial charge in [0.2, 0.25) is 5.91 Å². The highest BCUT2D eigenvalue weighted by atomic mass is 16.5. The van der Waals surface area contributed by atoms with Crippen molar-refractivity contribution in [3.8, 4) is 5.75 Å². The van der Waals surface area contributed by atoms with Crippen molar-refractivity contribution in [1.82, 2.24) is 0 Å². The third-order valence-corrected chi connectivity index (χ3v) is 3.74. The van der Waals surface area contributed by atoms with Gasteiger partial charge in [0.25, 0.3) is 0 Å². The number of nitrogens with one attached hydrogen (secondary N) is 2. The molecule has 1 atom stereocenters. The number of esters is 1. The van der Waals surface area contributed by atoms with Crippen LogP contribution in [0.3, 0.4) is 0 Å². The molecule has 0 spiro atoms. The van der Waals surface area contributed by atoms with E-state index in [2.05, 4.69) is 10.6 Å². The number of rotatable bonds is 3. The number of carbonyl (C=O) groups excluding carboxylic acids is 2. The standard InChI is InChI=1S/C18H18N2O3/c1-12-6-8-14(9-7-12)20-17(21)10-13-11-19-15-4-2-3-5-16(15)23-18(13)22/h2-9,13,19H,10-11H2,1H3,(H,20,21). The van der Waals surface area contributed by atoms with E-state index in [1.807, 2.05) is 43.3 Å². The lowest BCUT2D eigenvalue weighted by molar-refractivity contribution is -0.140. The Morgan fingerprint density at radius 3 is 2.74 bits per heavy atom. The van der Waals surface area contributed by atoms with Gasteiger partial charge in [0, 0.05) is 18.7 Å². The Balaban J connectivity index is 1.63. The number of fused-ring (bicyclic) bond motifs is 1. The van der Waals surface area contributed by atoms with Crippen LogP contribution in [0.15, 0.2) is 48.5 Å². The number of hydrogen-bond donors (Lipinski definition) is 2. The Labute approximate surface area is 134 Å². The van der Waals surface area contributed by atoms with Gasteiger partial charge in [0.15, 0.2) is 5.75 Å². The molecule has 2 aromatic carbocycles. The molecule has 0 saturated carbocycles. The van der Waals surface area contributed by atoms with Gasteiger partial charge in [0.05, 0.1) is 11.6 Å². The summed E-state index contributed by atoms with van der Waals surface area (Å²) in [6.45, 7) is 2.35. The minimum Gasteiger partial charge on any atom is -0.424 e. The summed E-state index contributed by atoms with van der Waals surface area (Å²) in [7, 11) is 0. The van der Waals surface area contributed by atoms with Crippen molar-refractivity contribution >= 4 is 23.3 Å². The third kappa shape index (κ3) is 3.69. The van der Waals surface area contributed by atoms with E-state index in [1.165, 1.54) is 0 Å². The van der Waals surface area contributed by atoms with Gasteiger partial charge in [-0.1, -0.05) is 29.8 Å². The molecule has 5 heteroatoms. The highest BCUT2D eigenvalue weighted by Crippen LogP contribution is 2.28. The highest BCUT2D eigenvalue weighted by Gasteiger charge is 2.27. The van der Waals surface area contributed by atoms with Crippen LogP contribution in [0.25, 0.3) is 0 Å². The molecule has 0 radical (unpaired) electrons. The topological polar surface area (TPSA) is 67.4 Å². The minimum absolute atomic E-state index is 0.0771. The first kappa shape index (κ1) is 15.1. The Morgan fingerprint density at radius 2 is 1.96 bits per heavy atom. The number of aryl methyl sites for hydroxylation is 1. The van der Waals surface area contributed by atoms with Crippen LogP contribution in [0.2, 0.25) is 0 Å². The average Bonchev–Trinajstić information content (AvgIpc) is 2.69. The van der Waals surface area contributed by atoms with E-state index in [0.717, 1.165) is 16.9 Å². The zero-order valence-electron chi connectivity index (χ0n) is 12.8. The zero-order chi connectivity index (χ0) is 16.2. The maximum Gasteiger partial charge on any atom is 0.316 e. The molecule has 1 aliphatic rings. The van der Waals surface area contributed by atoms with Gasteiger partial charge in [0.1, 0.15) is 0 Å². The second-order valence-corrected chi connectivity index (χ2v) is 5.61. The van der Waals surface area contributed by atoms with Crippen molar-refractivity contribution < 1.29 is 14.3 Å². The maximum atomic E-state index is 12.2. The van der Waals surface area contributed by atoms with E-state index in [0.29, 0.717) is 12.3 Å². The molecule has 1 aliphatic heterocycles. The molecule has 2 N–H and O–H groups in total. The first-order chi connectivity index (χ1) is 11.1. The molecule has 2 aromatic rings. The van der Waals surface area contributed by atoms with E-state index >= 15 is 0 Å². The van der Waals surface area contributed by atoms with Crippen LogP contribution < -0.4 is 15.4 Å². The first-order valence-electron chi connectivity index (χ1n) is 7.53. The molecule has 1 heterocycles. The predicted octanol–water partition coefficient (Wildman–Crippen LogP) is 2.97. The summed E-state index contributed by atoms with van der Waals surface area (Å²) in [5.74, 6) is -0.614. The Hall–Kier alpha value is -2.82. The monoisotopic (exact) mass is 310 g/mol. The number of carbonyl (C=O) groups is 2. The van der Waals surface area contributed by atoms with Gasteiger partial charge in [-0.2, -0.15) is 0 Å². The van der Waals surface area contributed by atoms with E-state index in [9.17, 15) is 9.59 Å². The fraction of sp³-hybridized carbons (Fsp3) is 0.222. The number of para-hydroxylation sites is 2. The normalized spacial score (nSPS) is 16.6. The molecule has 118 valence electrons. The van der Waals surface area contributed by atoms with Crippen LogP contribution in [-0.2, 0) is 9.59 Å². The Morgan fingerprint density at radius 1 is 1.22 bits per heavy atom. The summed E-state index contributed by atoms with van der Waals surface area (Å²) in [5.41, 5.74) is 2.61. The summed E-state index contributed by atoms with van der Waals surface area (Å²) in [4.78, 5) is 24.3. The van der Waals surface area contributed by atoms with Crippen molar-refractivity contribution in [2.75, 3.05) is 17.2 Å². The van der Waals surface area contributed by atoms with Crippen molar-refractivity contribution in [1.29, 1.82) is 0 Å². The van der Waals surface area contributed by atoms with E-state index in [1.54, 1.807) is 12.1 Å². The molecule has 3 rings (SSSR count). The van der Waals surface area contributed by atoms with E-state index in [-0.39, 0.29) is 18.3 Å². The molecule has 0 aromatic heterocycles. The summed E-state index contributed by atoms with van der Waals surface area (Å²) >= 11 is 0. The second-order valence-electron chi connectivity index (χ2n) is 5.61. The van der Waals surface area contributed by atoms with Crippen LogP contribution in [0, 0.1) is 12.8 Å².